The van der Waals surface area contributed by atoms with Crippen LogP contribution in [0.1, 0.15) is 155 Å². The molecule has 0 heterocycles. The van der Waals surface area contributed by atoms with Crippen molar-refractivity contribution in [2.45, 2.75) is 167 Å². The molecular weight excluding hydrogens is 588 g/mol. The van der Waals surface area contributed by atoms with Crippen molar-refractivity contribution in [2.24, 2.45) is 5.73 Å². The Bertz CT molecular complexity index is 922. The van der Waals surface area contributed by atoms with Crippen molar-refractivity contribution in [3.8, 4) is 0 Å². The predicted molar refractivity (Wildman–Crippen MR) is 197 cm³/mol. The standard InChI is InChI=1S/C40H68N2O5/c1-3-5-7-9-10-11-12-13-14-15-16-17-18-19-20-22-28-34-39(44)47-36(30-25-21-8-6-4-2)31-26-23-24-27-33-38(43)42-37(40(45)46)32-29-35-41/h5,7,10-11,13-14,16-17,25,30,36-37H,3-4,6,8-9,12,15,18-24,26-29,31-35,41H2,1-2H3,(H,42,43)(H,45,46)/b7-5-,11-10-,14-13-,17-16-,30-25-. The summed E-state index contributed by atoms with van der Waals surface area (Å²) in [5.41, 5.74) is 5.46. The van der Waals surface area contributed by atoms with E-state index in [0.29, 0.717) is 38.6 Å². The van der Waals surface area contributed by atoms with Crippen LogP contribution in [-0.2, 0) is 19.1 Å². The van der Waals surface area contributed by atoms with E-state index >= 15 is 0 Å². The number of esters is 1. The van der Waals surface area contributed by atoms with Crippen LogP contribution in [0.25, 0.3) is 0 Å². The fourth-order valence-corrected chi connectivity index (χ4v) is 5.00. The highest BCUT2D eigenvalue weighted by molar-refractivity contribution is 5.83. The van der Waals surface area contributed by atoms with Gasteiger partial charge in [-0.25, -0.2) is 4.79 Å². The van der Waals surface area contributed by atoms with E-state index in [1.54, 1.807) is 0 Å². The second kappa shape index (κ2) is 34.4. The van der Waals surface area contributed by atoms with E-state index in [1.165, 1.54) is 12.8 Å². The zero-order chi connectivity index (χ0) is 34.6. The number of unbranched alkanes of at least 4 members (excludes halogenated alkanes) is 10. The van der Waals surface area contributed by atoms with Gasteiger partial charge in [-0.15, -0.1) is 0 Å². The first-order valence-electron chi connectivity index (χ1n) is 18.6. The molecule has 0 aliphatic carbocycles. The van der Waals surface area contributed by atoms with Gasteiger partial charge in [0.25, 0.3) is 0 Å². The smallest absolute Gasteiger partial charge is 0.326 e. The number of allylic oxidation sites excluding steroid dienone is 9. The van der Waals surface area contributed by atoms with Gasteiger partial charge in [-0.2, -0.15) is 0 Å². The third kappa shape index (κ3) is 31.4. The summed E-state index contributed by atoms with van der Waals surface area (Å²) in [6.45, 7) is 4.74. The van der Waals surface area contributed by atoms with Crippen molar-refractivity contribution in [3.05, 3.63) is 60.8 Å². The van der Waals surface area contributed by atoms with Gasteiger partial charge in [-0.05, 0) is 103 Å². The Morgan fingerprint density at radius 1 is 0.660 bits per heavy atom. The van der Waals surface area contributed by atoms with Crippen molar-refractivity contribution in [2.75, 3.05) is 6.54 Å². The largest absolute Gasteiger partial charge is 0.480 e. The van der Waals surface area contributed by atoms with Gasteiger partial charge in [0.05, 0.1) is 0 Å². The molecule has 2 atom stereocenters. The molecule has 0 aliphatic heterocycles. The quantitative estimate of drug-likeness (QED) is 0.0377. The number of carboxylic acids is 1. The summed E-state index contributed by atoms with van der Waals surface area (Å²) in [5.74, 6) is -1.37. The number of aliphatic carboxylic acids is 1. The maximum Gasteiger partial charge on any atom is 0.326 e. The number of hydrogen-bond donors (Lipinski definition) is 3. The van der Waals surface area contributed by atoms with Crippen LogP contribution in [0.5, 0.6) is 0 Å². The van der Waals surface area contributed by atoms with Crippen molar-refractivity contribution in [1.29, 1.82) is 0 Å². The number of hydrogen-bond acceptors (Lipinski definition) is 5. The van der Waals surface area contributed by atoms with Gasteiger partial charge < -0.3 is 20.9 Å². The summed E-state index contributed by atoms with van der Waals surface area (Å²) in [4.78, 5) is 36.1. The van der Waals surface area contributed by atoms with Gasteiger partial charge in [0.2, 0.25) is 5.91 Å². The minimum absolute atomic E-state index is 0.119. The predicted octanol–water partition coefficient (Wildman–Crippen LogP) is 9.83. The van der Waals surface area contributed by atoms with Crippen LogP contribution < -0.4 is 11.1 Å². The Morgan fingerprint density at radius 3 is 1.87 bits per heavy atom. The van der Waals surface area contributed by atoms with Crippen LogP contribution in [0, 0.1) is 0 Å². The monoisotopic (exact) mass is 657 g/mol. The molecule has 0 saturated carbocycles. The molecule has 7 heteroatoms. The molecule has 2 unspecified atom stereocenters. The Labute approximate surface area is 287 Å². The van der Waals surface area contributed by atoms with E-state index < -0.39 is 12.0 Å². The first-order chi connectivity index (χ1) is 22.9. The van der Waals surface area contributed by atoms with Crippen molar-refractivity contribution in [1.82, 2.24) is 5.32 Å². The lowest BCUT2D eigenvalue weighted by Gasteiger charge is -2.15. The van der Waals surface area contributed by atoms with Crippen molar-refractivity contribution < 1.29 is 24.2 Å². The first kappa shape index (κ1) is 44.1. The number of nitrogens with two attached hydrogens (primary N) is 1. The summed E-state index contributed by atoms with van der Waals surface area (Å²) in [5, 5.41) is 11.9. The third-order valence-corrected chi connectivity index (χ3v) is 7.80. The maximum absolute atomic E-state index is 12.6. The molecule has 0 aliphatic rings. The summed E-state index contributed by atoms with van der Waals surface area (Å²) >= 11 is 0. The third-order valence-electron chi connectivity index (χ3n) is 7.80. The highest BCUT2D eigenvalue weighted by Crippen LogP contribution is 2.14. The average Bonchev–Trinajstić information content (AvgIpc) is 3.05. The minimum atomic E-state index is -1.02. The van der Waals surface area contributed by atoms with Gasteiger partial charge in [-0.3, -0.25) is 9.59 Å². The second-order valence-corrected chi connectivity index (χ2v) is 12.2. The van der Waals surface area contributed by atoms with Gasteiger partial charge in [0, 0.05) is 12.8 Å². The Kier molecular flexibility index (Phi) is 32.3. The number of nitrogens with one attached hydrogen (secondary N) is 1. The fourth-order valence-electron chi connectivity index (χ4n) is 5.00. The molecule has 0 radical (unpaired) electrons. The lowest BCUT2D eigenvalue weighted by Crippen LogP contribution is -2.40. The molecule has 0 aromatic rings. The lowest BCUT2D eigenvalue weighted by molar-refractivity contribution is -0.147. The number of carbonyl (C=O) groups is 3. The SMILES string of the molecule is CC/C=C\C/C=C\C/C=C\C/C=C\CCCCCCC(=O)OC(/C=C\CCCCC)CCCCCCC(=O)NC(CCCN)C(=O)O. The molecule has 47 heavy (non-hydrogen) atoms. The Balaban J connectivity index is 4.21. The fraction of sp³-hybridized carbons (Fsp3) is 0.675. The number of carboxylic acid groups (broad SMARTS) is 1. The molecule has 4 N–H and O–H groups in total. The van der Waals surface area contributed by atoms with Gasteiger partial charge >= 0.3 is 11.9 Å². The van der Waals surface area contributed by atoms with Crippen LogP contribution in [0.15, 0.2) is 60.8 Å². The second-order valence-electron chi connectivity index (χ2n) is 12.2. The van der Waals surface area contributed by atoms with Crippen LogP contribution in [0.4, 0.5) is 0 Å². The molecule has 1 amide bonds. The van der Waals surface area contributed by atoms with Crippen LogP contribution in [-0.4, -0.2) is 41.6 Å². The van der Waals surface area contributed by atoms with E-state index in [0.717, 1.165) is 96.3 Å². The molecule has 268 valence electrons. The molecule has 0 aromatic heterocycles. The lowest BCUT2D eigenvalue weighted by atomic mass is 10.1. The topological polar surface area (TPSA) is 119 Å². The van der Waals surface area contributed by atoms with Gasteiger partial charge in [-0.1, -0.05) is 107 Å². The van der Waals surface area contributed by atoms with Crippen LogP contribution >= 0.6 is 0 Å². The molecular formula is C40H68N2O5. The molecule has 7 nitrogen and oxygen atoms in total. The van der Waals surface area contributed by atoms with Crippen LogP contribution in [0.2, 0.25) is 0 Å². The average molecular weight is 657 g/mol. The van der Waals surface area contributed by atoms with Crippen molar-refractivity contribution in [3.63, 3.8) is 0 Å². The Hall–Kier alpha value is -2.93. The minimum Gasteiger partial charge on any atom is -0.480 e. The maximum atomic E-state index is 12.6. The number of rotatable bonds is 32. The van der Waals surface area contributed by atoms with Gasteiger partial charge in [0.15, 0.2) is 0 Å². The van der Waals surface area contributed by atoms with Gasteiger partial charge in [0.1, 0.15) is 12.1 Å². The summed E-state index contributed by atoms with van der Waals surface area (Å²) in [7, 11) is 0. The van der Waals surface area contributed by atoms with E-state index in [9.17, 15) is 19.5 Å². The normalized spacial score (nSPS) is 13.4. The molecule has 0 rings (SSSR count). The molecule has 0 saturated heterocycles. The number of ether oxygens (including phenoxy) is 1. The molecule has 0 spiro atoms. The van der Waals surface area contributed by atoms with Crippen LogP contribution in [0.3, 0.4) is 0 Å². The highest BCUT2D eigenvalue weighted by atomic mass is 16.5. The Morgan fingerprint density at radius 2 is 1.23 bits per heavy atom. The number of amides is 1. The van der Waals surface area contributed by atoms with E-state index in [4.69, 9.17) is 10.5 Å². The van der Waals surface area contributed by atoms with E-state index in [1.807, 2.05) is 0 Å². The highest BCUT2D eigenvalue weighted by Gasteiger charge is 2.18. The molecule has 0 fully saturated rings. The van der Waals surface area contributed by atoms with Crippen molar-refractivity contribution >= 4 is 17.8 Å². The first-order valence-corrected chi connectivity index (χ1v) is 18.6. The van der Waals surface area contributed by atoms with E-state index in [-0.39, 0.29) is 18.0 Å². The van der Waals surface area contributed by atoms with E-state index in [2.05, 4.69) is 79.9 Å². The number of carbonyl (C=O) groups excluding carboxylic acids is 2. The summed E-state index contributed by atoms with van der Waals surface area (Å²) in [6.07, 6.45) is 41.4. The zero-order valence-electron chi connectivity index (χ0n) is 29.8. The molecule has 0 bridgehead atoms. The zero-order valence-corrected chi connectivity index (χ0v) is 29.8. The summed E-state index contributed by atoms with van der Waals surface area (Å²) in [6, 6.07) is -0.873. The molecule has 0 aromatic carbocycles. The summed E-state index contributed by atoms with van der Waals surface area (Å²) < 4.78 is 5.85.